The largest absolute Gasteiger partial charge is 0.359 e. The highest BCUT2D eigenvalue weighted by Gasteiger charge is 2.72. The average molecular weight is 696 g/mol. The van der Waals surface area contributed by atoms with Crippen molar-refractivity contribution in [3.05, 3.63) is 76.8 Å². The van der Waals surface area contributed by atoms with Gasteiger partial charge in [0.2, 0.25) is 17.7 Å². The van der Waals surface area contributed by atoms with Crippen molar-refractivity contribution in [1.82, 2.24) is 15.1 Å². The van der Waals surface area contributed by atoms with Crippen molar-refractivity contribution in [3.63, 3.8) is 0 Å². The number of halogens is 2. The van der Waals surface area contributed by atoms with Crippen molar-refractivity contribution in [2.24, 2.45) is 17.8 Å². The molecule has 5 atom stereocenters. The molecule has 2 aromatic rings. The molecule has 8 nitrogen and oxygen atoms in total. The molecule has 2 bridgehead atoms. The summed E-state index contributed by atoms with van der Waals surface area (Å²) in [5.41, 5.74) is 1.75. The lowest BCUT2D eigenvalue weighted by Crippen LogP contribution is -2.56. The van der Waals surface area contributed by atoms with Crippen LogP contribution in [0.15, 0.2) is 60.7 Å². The van der Waals surface area contributed by atoms with E-state index >= 15 is 0 Å². The minimum absolute atomic E-state index is 0. The summed E-state index contributed by atoms with van der Waals surface area (Å²) in [6, 6.07) is 15.4. The summed E-state index contributed by atoms with van der Waals surface area (Å²) in [6.45, 7) is 5.32. The molecule has 0 radical (unpaired) electrons. The van der Waals surface area contributed by atoms with Crippen LogP contribution in [-0.2, 0) is 25.5 Å². The first-order valence-corrected chi connectivity index (χ1v) is 18.0. The highest BCUT2D eigenvalue weighted by atomic mass is 35.5. The van der Waals surface area contributed by atoms with E-state index in [1.54, 1.807) is 11.0 Å². The van der Waals surface area contributed by atoms with Crippen LogP contribution >= 0.6 is 24.0 Å². The fraction of sp³-hybridized carbons (Fsp3) is 0.553. The van der Waals surface area contributed by atoms with Crippen LogP contribution < -0.4 is 10.6 Å². The summed E-state index contributed by atoms with van der Waals surface area (Å²) >= 11 is 6.33. The number of anilines is 1. The predicted octanol–water partition coefficient (Wildman–Crippen LogP) is 5.95. The minimum Gasteiger partial charge on any atom is -0.359 e. The smallest absolute Gasteiger partial charge is 0.246 e. The number of carbonyl (C=O) groups excluding carboxylic acids is 3. The molecule has 4 fully saturated rings. The van der Waals surface area contributed by atoms with Crippen LogP contribution in [0, 0.1) is 24.7 Å². The van der Waals surface area contributed by atoms with Crippen LogP contribution in [0.25, 0.3) is 0 Å². The van der Waals surface area contributed by atoms with Gasteiger partial charge in [0.05, 0.1) is 17.9 Å². The molecule has 0 aromatic heterocycles. The van der Waals surface area contributed by atoms with Gasteiger partial charge in [-0.15, -0.1) is 12.4 Å². The number of carbonyl (C=O) groups is 3. The van der Waals surface area contributed by atoms with Crippen molar-refractivity contribution in [2.45, 2.75) is 88.5 Å². The molecule has 7 rings (SSSR count). The van der Waals surface area contributed by atoms with Crippen LogP contribution in [0.5, 0.6) is 0 Å². The lowest BCUT2D eigenvalue weighted by molar-refractivity contribution is -0.141. The maximum absolute atomic E-state index is 14.4. The highest BCUT2D eigenvalue weighted by Crippen LogP contribution is 2.55. The number of nitrogens with one attached hydrogen (secondary N) is 2. The Labute approximate surface area is 295 Å². The Morgan fingerprint density at radius 2 is 1.73 bits per heavy atom. The van der Waals surface area contributed by atoms with E-state index in [1.807, 2.05) is 31.2 Å². The molecule has 1 aliphatic carbocycles. The van der Waals surface area contributed by atoms with Gasteiger partial charge in [0.15, 0.2) is 0 Å². The third-order valence-electron chi connectivity index (χ3n) is 11.3. The summed E-state index contributed by atoms with van der Waals surface area (Å²) in [4.78, 5) is 46.5. The van der Waals surface area contributed by atoms with Crippen molar-refractivity contribution < 1.29 is 19.1 Å². The van der Waals surface area contributed by atoms with E-state index in [1.165, 1.54) is 12.0 Å². The summed E-state index contributed by atoms with van der Waals surface area (Å²) in [6.07, 6.45) is 12.7. The van der Waals surface area contributed by atoms with Crippen molar-refractivity contribution in [3.8, 4) is 0 Å². The van der Waals surface area contributed by atoms with E-state index < -0.39 is 29.6 Å². The SMILES string of the molecule is Cc1ccc(NC(=O)C2C3C=CC4(O3)C2C(=O)N(CCCN2CCC(Cc3ccccc3)CC2)C4C(=O)NC2CCCCC2)cc1Cl.Cl. The first-order chi connectivity index (χ1) is 22.8. The number of benzene rings is 2. The maximum Gasteiger partial charge on any atom is 0.246 e. The lowest BCUT2D eigenvalue weighted by Gasteiger charge is -2.35. The molecule has 2 aromatic carbocycles. The monoisotopic (exact) mass is 694 g/mol. The third-order valence-corrected chi connectivity index (χ3v) is 11.7. The van der Waals surface area contributed by atoms with E-state index in [0.717, 1.165) is 76.6 Å². The molecule has 2 N–H and O–H groups in total. The number of piperidine rings is 1. The van der Waals surface area contributed by atoms with Crippen LogP contribution in [0.2, 0.25) is 5.02 Å². The average Bonchev–Trinajstić information content (AvgIpc) is 3.72. The highest BCUT2D eigenvalue weighted by molar-refractivity contribution is 6.31. The fourth-order valence-electron chi connectivity index (χ4n) is 8.76. The van der Waals surface area contributed by atoms with Gasteiger partial charge < -0.3 is 25.2 Å². The quantitative estimate of drug-likeness (QED) is 0.300. The summed E-state index contributed by atoms with van der Waals surface area (Å²) in [5, 5.41) is 6.83. The van der Waals surface area contributed by atoms with Crippen LogP contribution in [-0.4, -0.2) is 77.5 Å². The lowest BCUT2D eigenvalue weighted by atomic mass is 9.74. The second-order valence-electron chi connectivity index (χ2n) is 14.4. The molecule has 48 heavy (non-hydrogen) atoms. The van der Waals surface area contributed by atoms with E-state index in [-0.39, 0.29) is 36.2 Å². The molecule has 5 unspecified atom stereocenters. The molecular weight excluding hydrogens is 647 g/mol. The summed E-state index contributed by atoms with van der Waals surface area (Å²) < 4.78 is 6.55. The molecule has 3 saturated heterocycles. The van der Waals surface area contributed by atoms with Gasteiger partial charge >= 0.3 is 0 Å². The molecule has 1 saturated carbocycles. The van der Waals surface area contributed by atoms with Gasteiger partial charge in [-0.25, -0.2) is 0 Å². The Morgan fingerprint density at radius 3 is 2.46 bits per heavy atom. The zero-order valence-corrected chi connectivity index (χ0v) is 29.3. The molecule has 10 heteroatoms. The summed E-state index contributed by atoms with van der Waals surface area (Å²) in [5.74, 6) is -1.40. The standard InChI is InChI=1S/C38H47ClN4O4.ClH/c1-25-13-14-29(24-30(25)39)41-35(44)32-31-15-18-38(47-31)33(32)37(46)43(34(38)36(45)40-28-11-6-3-7-12-28)20-8-19-42-21-16-27(17-22-42)23-26-9-4-2-5-10-26;/h2,4-5,9-10,13-15,18,24,27-28,31-34H,3,6-8,11-12,16-17,19-23H2,1H3,(H,40,45)(H,41,44);1H. The van der Waals surface area contributed by atoms with Gasteiger partial charge in [0.25, 0.3) is 0 Å². The van der Waals surface area contributed by atoms with E-state index in [9.17, 15) is 14.4 Å². The molecule has 5 aliphatic rings. The Morgan fingerprint density at radius 1 is 0.979 bits per heavy atom. The van der Waals surface area contributed by atoms with Crippen molar-refractivity contribution >= 4 is 47.4 Å². The van der Waals surface area contributed by atoms with E-state index in [2.05, 4.69) is 45.9 Å². The number of amides is 3. The number of rotatable bonds is 10. The van der Waals surface area contributed by atoms with Crippen molar-refractivity contribution in [1.29, 1.82) is 0 Å². The van der Waals surface area contributed by atoms with Crippen LogP contribution in [0.4, 0.5) is 5.69 Å². The summed E-state index contributed by atoms with van der Waals surface area (Å²) in [7, 11) is 0. The van der Waals surface area contributed by atoms with Gasteiger partial charge in [-0.2, -0.15) is 0 Å². The number of aryl methyl sites for hydroxylation is 1. The number of nitrogens with zero attached hydrogens (tertiary/aromatic N) is 2. The van der Waals surface area contributed by atoms with E-state index in [0.29, 0.717) is 23.2 Å². The molecule has 3 amide bonds. The Balaban J connectivity index is 0.00000401. The molecule has 258 valence electrons. The van der Waals surface area contributed by atoms with Gasteiger partial charge in [0.1, 0.15) is 11.6 Å². The maximum atomic E-state index is 14.4. The number of fused-ring (bicyclic) bond motifs is 1. The van der Waals surface area contributed by atoms with Crippen molar-refractivity contribution in [2.75, 3.05) is 31.5 Å². The predicted molar refractivity (Wildman–Crippen MR) is 190 cm³/mol. The fourth-order valence-corrected chi connectivity index (χ4v) is 8.94. The Bertz CT molecular complexity index is 1510. The second-order valence-corrected chi connectivity index (χ2v) is 14.8. The van der Waals surface area contributed by atoms with Gasteiger partial charge in [-0.05, 0) is 94.3 Å². The van der Waals surface area contributed by atoms with Crippen LogP contribution in [0.3, 0.4) is 0 Å². The number of likely N-dealkylation sites (tertiary alicyclic amines) is 2. The van der Waals surface area contributed by atoms with E-state index in [4.69, 9.17) is 16.3 Å². The number of hydrogen-bond donors (Lipinski definition) is 2. The zero-order valence-electron chi connectivity index (χ0n) is 27.7. The molecular formula is C38H48Cl2N4O4. The Hall–Kier alpha value is -2.91. The number of ether oxygens (including phenoxy) is 1. The minimum atomic E-state index is -1.15. The van der Waals surface area contributed by atoms with Gasteiger partial charge in [-0.1, -0.05) is 79.4 Å². The first kappa shape index (κ1) is 34.9. The first-order valence-electron chi connectivity index (χ1n) is 17.6. The molecule has 1 spiro atoms. The second kappa shape index (κ2) is 14.9. The Kier molecular flexibility index (Phi) is 10.9. The molecule has 4 aliphatic heterocycles. The number of hydrogen-bond acceptors (Lipinski definition) is 5. The molecule has 4 heterocycles. The van der Waals surface area contributed by atoms with Gasteiger partial charge in [-0.3, -0.25) is 14.4 Å². The normalized spacial score (nSPS) is 28.7. The zero-order chi connectivity index (χ0) is 32.5. The topological polar surface area (TPSA) is 91.0 Å². The van der Waals surface area contributed by atoms with Gasteiger partial charge in [0, 0.05) is 23.3 Å². The third kappa shape index (κ3) is 6.91. The van der Waals surface area contributed by atoms with Crippen LogP contribution in [0.1, 0.15) is 62.5 Å².